The van der Waals surface area contributed by atoms with Crippen LogP contribution in [0.2, 0.25) is 0 Å². The summed E-state index contributed by atoms with van der Waals surface area (Å²) in [4.78, 5) is 13.6. The SMILES string of the molecule is COc1cc2cc(CNCc3cn(C)nc3C)c(=O)n(CC3CCCCC3)c2cc1OC. The van der Waals surface area contributed by atoms with Crippen LogP contribution in [-0.2, 0) is 26.7 Å². The Morgan fingerprint density at radius 1 is 1.03 bits per heavy atom. The van der Waals surface area contributed by atoms with Gasteiger partial charge in [0.15, 0.2) is 11.5 Å². The average Bonchev–Trinajstić information content (AvgIpc) is 3.12. The summed E-state index contributed by atoms with van der Waals surface area (Å²) in [6, 6.07) is 5.90. The minimum Gasteiger partial charge on any atom is -0.493 e. The molecule has 0 radical (unpaired) electrons. The smallest absolute Gasteiger partial charge is 0.255 e. The van der Waals surface area contributed by atoms with Gasteiger partial charge in [-0.2, -0.15) is 5.10 Å². The molecule has 1 aliphatic rings. The molecule has 2 heterocycles. The number of benzene rings is 1. The molecule has 4 rings (SSSR count). The van der Waals surface area contributed by atoms with Crippen LogP contribution in [0.4, 0.5) is 0 Å². The molecule has 0 unspecified atom stereocenters. The molecular formula is C25H34N4O3. The fraction of sp³-hybridized carbons (Fsp3) is 0.520. The van der Waals surface area contributed by atoms with Crippen molar-refractivity contribution in [3.8, 4) is 11.5 Å². The summed E-state index contributed by atoms with van der Waals surface area (Å²) < 4.78 is 14.8. The van der Waals surface area contributed by atoms with Gasteiger partial charge in [0.25, 0.3) is 5.56 Å². The van der Waals surface area contributed by atoms with Crippen molar-refractivity contribution in [1.29, 1.82) is 0 Å². The lowest BCUT2D eigenvalue weighted by molar-refractivity contribution is 0.319. The van der Waals surface area contributed by atoms with E-state index in [2.05, 4.69) is 10.4 Å². The van der Waals surface area contributed by atoms with E-state index in [9.17, 15) is 4.79 Å². The van der Waals surface area contributed by atoms with Crippen LogP contribution < -0.4 is 20.3 Å². The Hall–Kier alpha value is -2.80. The van der Waals surface area contributed by atoms with Gasteiger partial charge in [0.05, 0.1) is 25.4 Å². The standard InChI is InChI=1S/C25H34N4O3/c1-17-21(16-28(2)27-17)14-26-13-20-10-19-11-23(31-3)24(32-4)12-22(19)29(25(20)30)15-18-8-6-5-7-9-18/h10-12,16,18,26H,5-9,13-15H2,1-4H3. The highest BCUT2D eigenvalue weighted by Crippen LogP contribution is 2.33. The normalized spacial score (nSPS) is 14.8. The molecule has 1 N–H and O–H groups in total. The number of aryl methyl sites for hydroxylation is 2. The summed E-state index contributed by atoms with van der Waals surface area (Å²) in [5.74, 6) is 1.86. The molecule has 2 aromatic heterocycles. The van der Waals surface area contributed by atoms with Crippen molar-refractivity contribution in [3.63, 3.8) is 0 Å². The number of rotatable bonds is 8. The maximum absolute atomic E-state index is 13.6. The van der Waals surface area contributed by atoms with Gasteiger partial charge in [0.1, 0.15) is 0 Å². The second-order valence-corrected chi connectivity index (χ2v) is 8.87. The van der Waals surface area contributed by atoms with E-state index < -0.39 is 0 Å². The molecule has 0 atom stereocenters. The van der Waals surface area contributed by atoms with Crippen molar-refractivity contribution in [2.75, 3.05) is 14.2 Å². The first-order valence-electron chi connectivity index (χ1n) is 11.5. The molecular weight excluding hydrogens is 404 g/mol. The maximum Gasteiger partial charge on any atom is 0.255 e. The van der Waals surface area contributed by atoms with Gasteiger partial charge >= 0.3 is 0 Å². The average molecular weight is 439 g/mol. The quantitative estimate of drug-likeness (QED) is 0.577. The molecule has 172 valence electrons. The van der Waals surface area contributed by atoms with Crippen LogP contribution in [0.25, 0.3) is 10.9 Å². The maximum atomic E-state index is 13.6. The van der Waals surface area contributed by atoms with Gasteiger partial charge in [-0.05, 0) is 37.8 Å². The third kappa shape index (κ3) is 4.67. The van der Waals surface area contributed by atoms with Gasteiger partial charge < -0.3 is 19.4 Å². The number of nitrogens with zero attached hydrogens (tertiary/aromatic N) is 3. The van der Waals surface area contributed by atoms with E-state index in [-0.39, 0.29) is 5.56 Å². The van der Waals surface area contributed by atoms with Crippen molar-refractivity contribution < 1.29 is 9.47 Å². The monoisotopic (exact) mass is 438 g/mol. The zero-order valence-corrected chi connectivity index (χ0v) is 19.6. The third-order valence-electron chi connectivity index (χ3n) is 6.58. The number of nitrogens with one attached hydrogen (secondary N) is 1. The van der Waals surface area contributed by atoms with Crippen molar-refractivity contribution in [3.05, 3.63) is 51.6 Å². The van der Waals surface area contributed by atoms with E-state index in [0.29, 0.717) is 30.5 Å². The lowest BCUT2D eigenvalue weighted by Crippen LogP contribution is -2.30. The first-order chi connectivity index (χ1) is 15.5. The second-order valence-electron chi connectivity index (χ2n) is 8.87. The van der Waals surface area contributed by atoms with Crippen molar-refractivity contribution in [1.82, 2.24) is 19.7 Å². The number of pyridine rings is 1. The van der Waals surface area contributed by atoms with Gasteiger partial charge in [-0.3, -0.25) is 9.48 Å². The van der Waals surface area contributed by atoms with Crippen LogP contribution in [0.5, 0.6) is 11.5 Å². The zero-order valence-electron chi connectivity index (χ0n) is 19.6. The summed E-state index contributed by atoms with van der Waals surface area (Å²) in [5.41, 5.74) is 3.89. The number of ether oxygens (including phenoxy) is 2. The summed E-state index contributed by atoms with van der Waals surface area (Å²) in [6.45, 7) is 3.93. The van der Waals surface area contributed by atoms with E-state index in [4.69, 9.17) is 9.47 Å². The number of hydrogen-bond acceptors (Lipinski definition) is 5. The van der Waals surface area contributed by atoms with Crippen molar-refractivity contribution >= 4 is 10.9 Å². The Balaban J connectivity index is 1.68. The Morgan fingerprint density at radius 2 is 1.72 bits per heavy atom. The number of fused-ring (bicyclic) bond motifs is 1. The molecule has 3 aromatic rings. The van der Waals surface area contributed by atoms with Crippen LogP contribution >= 0.6 is 0 Å². The molecule has 0 amide bonds. The number of methoxy groups -OCH3 is 2. The predicted molar refractivity (Wildman–Crippen MR) is 126 cm³/mol. The van der Waals surface area contributed by atoms with Crippen LogP contribution in [0.3, 0.4) is 0 Å². The van der Waals surface area contributed by atoms with Crippen LogP contribution in [0.15, 0.2) is 29.2 Å². The second kappa shape index (κ2) is 9.77. The summed E-state index contributed by atoms with van der Waals surface area (Å²) in [5, 5.41) is 8.82. The van der Waals surface area contributed by atoms with E-state index in [1.165, 1.54) is 32.1 Å². The molecule has 7 nitrogen and oxygen atoms in total. The van der Waals surface area contributed by atoms with Gasteiger partial charge in [-0.15, -0.1) is 0 Å². The first kappa shape index (κ1) is 22.4. The molecule has 0 spiro atoms. The highest BCUT2D eigenvalue weighted by atomic mass is 16.5. The highest BCUT2D eigenvalue weighted by molar-refractivity contribution is 5.83. The molecule has 1 aliphatic carbocycles. The topological polar surface area (TPSA) is 70.3 Å². The molecule has 32 heavy (non-hydrogen) atoms. The number of aromatic nitrogens is 3. The van der Waals surface area contributed by atoms with E-state index >= 15 is 0 Å². The fourth-order valence-corrected chi connectivity index (χ4v) is 4.86. The van der Waals surface area contributed by atoms with E-state index in [1.54, 1.807) is 14.2 Å². The van der Waals surface area contributed by atoms with Crippen LogP contribution in [0, 0.1) is 12.8 Å². The van der Waals surface area contributed by atoms with E-state index in [0.717, 1.165) is 34.3 Å². The third-order valence-corrected chi connectivity index (χ3v) is 6.58. The molecule has 0 bridgehead atoms. The first-order valence-corrected chi connectivity index (χ1v) is 11.5. The highest BCUT2D eigenvalue weighted by Gasteiger charge is 2.19. The Morgan fingerprint density at radius 3 is 2.38 bits per heavy atom. The Kier molecular flexibility index (Phi) is 6.84. The van der Waals surface area contributed by atoms with Gasteiger partial charge in [0, 0.05) is 55.5 Å². The Bertz CT molecular complexity index is 1140. The van der Waals surface area contributed by atoms with Gasteiger partial charge in [0.2, 0.25) is 0 Å². The van der Waals surface area contributed by atoms with Gasteiger partial charge in [-0.1, -0.05) is 19.3 Å². The van der Waals surface area contributed by atoms with Crippen LogP contribution in [-0.4, -0.2) is 28.6 Å². The van der Waals surface area contributed by atoms with Crippen molar-refractivity contribution in [2.45, 2.75) is 58.7 Å². The molecule has 1 aromatic carbocycles. The number of hydrogen-bond donors (Lipinski definition) is 1. The van der Waals surface area contributed by atoms with E-state index in [1.807, 2.05) is 47.6 Å². The lowest BCUT2D eigenvalue weighted by Gasteiger charge is -2.24. The van der Waals surface area contributed by atoms with Crippen LogP contribution in [0.1, 0.15) is 48.9 Å². The summed E-state index contributed by atoms with van der Waals surface area (Å²) in [6.07, 6.45) is 8.19. The largest absolute Gasteiger partial charge is 0.493 e. The minimum absolute atomic E-state index is 0.0747. The molecule has 7 heteroatoms. The van der Waals surface area contributed by atoms with Crippen molar-refractivity contribution in [2.24, 2.45) is 13.0 Å². The molecule has 1 fully saturated rings. The van der Waals surface area contributed by atoms with Gasteiger partial charge in [-0.25, -0.2) is 0 Å². The lowest BCUT2D eigenvalue weighted by atomic mass is 9.89. The minimum atomic E-state index is 0.0747. The fourth-order valence-electron chi connectivity index (χ4n) is 4.86. The molecule has 1 saturated carbocycles. The molecule has 0 saturated heterocycles. The predicted octanol–water partition coefficient (Wildman–Crippen LogP) is 3.93. The summed E-state index contributed by atoms with van der Waals surface area (Å²) >= 11 is 0. The summed E-state index contributed by atoms with van der Waals surface area (Å²) in [7, 11) is 5.19. The molecule has 0 aliphatic heterocycles. The Labute approximate surface area is 189 Å². The zero-order chi connectivity index (χ0) is 22.7.